The molecule has 3 aromatic carbocycles. The molecule has 1 heterocycles. The fourth-order valence-electron chi connectivity index (χ4n) is 2.81. The van der Waals surface area contributed by atoms with Gasteiger partial charge in [0.05, 0.1) is 5.57 Å². The highest BCUT2D eigenvalue weighted by molar-refractivity contribution is 6.05. The molecule has 0 atom stereocenters. The highest BCUT2D eigenvalue weighted by Gasteiger charge is 2.21. The van der Waals surface area contributed by atoms with E-state index < -0.39 is 0 Å². The van der Waals surface area contributed by atoms with Crippen LogP contribution in [-0.2, 0) is 16.1 Å². The minimum atomic E-state index is -0.335. The zero-order chi connectivity index (χ0) is 18.5. The second kappa shape index (κ2) is 7.75. The first kappa shape index (κ1) is 16.9. The van der Waals surface area contributed by atoms with Gasteiger partial charge in [0.2, 0.25) is 0 Å². The largest absolute Gasteiger partial charge is 0.489 e. The number of rotatable bonds is 5. The van der Waals surface area contributed by atoms with E-state index in [0.717, 1.165) is 22.4 Å². The average molecular weight is 354 g/mol. The first-order valence-electron chi connectivity index (χ1n) is 8.76. The Kier molecular flexibility index (Phi) is 4.84. The maximum absolute atomic E-state index is 12.1. The van der Waals surface area contributed by atoms with Gasteiger partial charge in [-0.05, 0) is 35.4 Å². The van der Waals surface area contributed by atoms with Crippen LogP contribution in [0.15, 0.2) is 96.6 Å². The maximum Gasteiger partial charge on any atom is 0.343 e. The van der Waals surface area contributed by atoms with Crippen molar-refractivity contribution in [3.8, 4) is 5.75 Å². The Bertz CT molecular complexity index is 985. The molecule has 27 heavy (non-hydrogen) atoms. The molecule has 0 N–H and O–H groups in total. The van der Waals surface area contributed by atoms with E-state index in [1.165, 1.54) is 0 Å². The minimum absolute atomic E-state index is 0.335. The molecule has 132 valence electrons. The molecule has 0 unspecified atom stereocenters. The van der Waals surface area contributed by atoms with Gasteiger partial charge in [-0.3, -0.25) is 0 Å². The van der Waals surface area contributed by atoms with Crippen LogP contribution in [0.2, 0.25) is 0 Å². The Morgan fingerprint density at radius 3 is 2.19 bits per heavy atom. The second-order valence-electron chi connectivity index (χ2n) is 6.21. The smallest absolute Gasteiger partial charge is 0.343 e. The molecule has 0 aliphatic carbocycles. The number of benzene rings is 3. The number of esters is 1. The van der Waals surface area contributed by atoms with E-state index in [4.69, 9.17) is 9.47 Å². The fourth-order valence-corrected chi connectivity index (χ4v) is 2.81. The van der Waals surface area contributed by atoms with Crippen molar-refractivity contribution in [2.45, 2.75) is 6.61 Å². The number of cyclic esters (lactones) is 1. The van der Waals surface area contributed by atoms with Gasteiger partial charge in [-0.1, -0.05) is 72.8 Å². The molecule has 0 bridgehead atoms. The van der Waals surface area contributed by atoms with Crippen LogP contribution in [0.3, 0.4) is 0 Å². The van der Waals surface area contributed by atoms with Gasteiger partial charge in [0.25, 0.3) is 0 Å². The maximum atomic E-state index is 12.1. The Hall–Kier alpha value is -3.59. The molecule has 0 fully saturated rings. The van der Waals surface area contributed by atoms with E-state index in [9.17, 15) is 4.79 Å². The van der Waals surface area contributed by atoms with E-state index in [1.807, 2.05) is 91.0 Å². The molecule has 0 aromatic heterocycles. The molecule has 3 heteroatoms. The first-order chi connectivity index (χ1) is 13.3. The Labute approximate surface area is 158 Å². The Morgan fingerprint density at radius 1 is 0.815 bits per heavy atom. The molecule has 1 aliphatic heterocycles. The van der Waals surface area contributed by atoms with Gasteiger partial charge < -0.3 is 9.47 Å². The lowest BCUT2D eigenvalue weighted by Gasteiger charge is -2.06. The van der Waals surface area contributed by atoms with Crippen LogP contribution in [0, 0.1) is 0 Å². The number of carbonyl (C=O) groups excluding carboxylic acids is 1. The number of ether oxygens (including phenoxy) is 2. The number of hydrogen-bond acceptors (Lipinski definition) is 3. The van der Waals surface area contributed by atoms with E-state index in [2.05, 4.69) is 0 Å². The van der Waals surface area contributed by atoms with Crippen molar-refractivity contribution in [3.63, 3.8) is 0 Å². The SMILES string of the molecule is O=C1OC(c2ccccc2)=CC1=Cc1ccc(OCc2ccccc2)cc1. The number of carbonyl (C=O) groups is 1. The van der Waals surface area contributed by atoms with Crippen LogP contribution in [0.5, 0.6) is 5.75 Å². The standard InChI is InChI=1S/C24H18O3/c25-24-21(16-23(27-24)20-9-5-2-6-10-20)15-18-11-13-22(14-12-18)26-17-19-7-3-1-4-8-19/h1-16H,17H2. The Morgan fingerprint density at radius 2 is 1.48 bits per heavy atom. The van der Waals surface area contributed by atoms with E-state index in [0.29, 0.717) is 17.9 Å². The summed E-state index contributed by atoms with van der Waals surface area (Å²) < 4.78 is 11.2. The van der Waals surface area contributed by atoms with Crippen LogP contribution >= 0.6 is 0 Å². The summed E-state index contributed by atoms with van der Waals surface area (Å²) in [5, 5.41) is 0. The molecule has 0 spiro atoms. The van der Waals surface area contributed by atoms with Crippen LogP contribution in [0.25, 0.3) is 11.8 Å². The molecule has 0 amide bonds. The van der Waals surface area contributed by atoms with Crippen molar-refractivity contribution in [2.75, 3.05) is 0 Å². The minimum Gasteiger partial charge on any atom is -0.489 e. The van der Waals surface area contributed by atoms with Crippen molar-refractivity contribution in [1.29, 1.82) is 0 Å². The zero-order valence-corrected chi connectivity index (χ0v) is 14.7. The van der Waals surface area contributed by atoms with Gasteiger partial charge >= 0.3 is 5.97 Å². The summed E-state index contributed by atoms with van der Waals surface area (Å²) in [7, 11) is 0. The fraction of sp³-hybridized carbons (Fsp3) is 0.0417. The molecular formula is C24H18O3. The summed E-state index contributed by atoms with van der Waals surface area (Å²) in [4.78, 5) is 12.1. The van der Waals surface area contributed by atoms with Crippen molar-refractivity contribution < 1.29 is 14.3 Å². The summed E-state index contributed by atoms with van der Waals surface area (Å²) in [6.45, 7) is 0.525. The summed E-state index contributed by atoms with van der Waals surface area (Å²) in [5.74, 6) is 1.03. The topological polar surface area (TPSA) is 35.5 Å². The van der Waals surface area contributed by atoms with Crippen LogP contribution in [0.1, 0.15) is 16.7 Å². The molecule has 0 saturated carbocycles. The molecule has 0 radical (unpaired) electrons. The second-order valence-corrected chi connectivity index (χ2v) is 6.21. The quantitative estimate of drug-likeness (QED) is 0.464. The van der Waals surface area contributed by atoms with Gasteiger partial charge in [0.1, 0.15) is 18.1 Å². The van der Waals surface area contributed by atoms with E-state index in [-0.39, 0.29) is 5.97 Å². The van der Waals surface area contributed by atoms with E-state index in [1.54, 1.807) is 6.08 Å². The van der Waals surface area contributed by atoms with Crippen LogP contribution in [0.4, 0.5) is 0 Å². The highest BCUT2D eigenvalue weighted by Crippen LogP contribution is 2.27. The van der Waals surface area contributed by atoms with E-state index >= 15 is 0 Å². The van der Waals surface area contributed by atoms with Crippen LogP contribution < -0.4 is 4.74 Å². The summed E-state index contributed by atoms with van der Waals surface area (Å²) in [6, 6.07) is 27.3. The summed E-state index contributed by atoms with van der Waals surface area (Å²) >= 11 is 0. The third-order valence-electron chi connectivity index (χ3n) is 4.23. The van der Waals surface area contributed by atoms with Crippen LogP contribution in [-0.4, -0.2) is 5.97 Å². The third kappa shape index (κ3) is 4.15. The zero-order valence-electron chi connectivity index (χ0n) is 14.7. The predicted octanol–water partition coefficient (Wildman–Crippen LogP) is 5.25. The first-order valence-corrected chi connectivity index (χ1v) is 8.76. The van der Waals surface area contributed by atoms with Gasteiger partial charge in [-0.15, -0.1) is 0 Å². The number of hydrogen-bond donors (Lipinski definition) is 0. The lowest BCUT2D eigenvalue weighted by Crippen LogP contribution is -1.97. The molecule has 4 rings (SSSR count). The molecule has 3 nitrogen and oxygen atoms in total. The third-order valence-corrected chi connectivity index (χ3v) is 4.23. The van der Waals surface area contributed by atoms with Crippen molar-refractivity contribution in [1.82, 2.24) is 0 Å². The lowest BCUT2D eigenvalue weighted by atomic mass is 10.1. The van der Waals surface area contributed by atoms with Crippen molar-refractivity contribution in [3.05, 3.63) is 113 Å². The van der Waals surface area contributed by atoms with Gasteiger partial charge in [0, 0.05) is 5.56 Å². The van der Waals surface area contributed by atoms with Crippen molar-refractivity contribution in [2.24, 2.45) is 0 Å². The monoisotopic (exact) mass is 354 g/mol. The molecular weight excluding hydrogens is 336 g/mol. The predicted molar refractivity (Wildman–Crippen MR) is 106 cm³/mol. The summed E-state index contributed by atoms with van der Waals surface area (Å²) in [5.41, 5.74) is 3.46. The van der Waals surface area contributed by atoms with Gasteiger partial charge in [-0.2, -0.15) is 0 Å². The molecule has 3 aromatic rings. The Balaban J connectivity index is 1.46. The van der Waals surface area contributed by atoms with Gasteiger partial charge in [-0.25, -0.2) is 4.79 Å². The highest BCUT2D eigenvalue weighted by atomic mass is 16.5. The average Bonchev–Trinajstić information content (AvgIpc) is 3.09. The summed E-state index contributed by atoms with van der Waals surface area (Å²) in [6.07, 6.45) is 3.59. The van der Waals surface area contributed by atoms with Gasteiger partial charge in [0.15, 0.2) is 0 Å². The molecule has 1 aliphatic rings. The normalized spacial score (nSPS) is 14.7. The molecule has 0 saturated heterocycles. The van der Waals surface area contributed by atoms with Crippen molar-refractivity contribution >= 4 is 17.8 Å². The lowest BCUT2D eigenvalue weighted by molar-refractivity contribution is -0.130.